The fourth-order valence-corrected chi connectivity index (χ4v) is 9.19. The molecular formula is C40H42O9. The number of carbonyl (C=O) groups excluding carboxylic acids is 4. The Balaban J connectivity index is 1.46. The highest BCUT2D eigenvalue weighted by Gasteiger charge is 2.76. The number of benzene rings is 2. The van der Waals surface area contributed by atoms with Crippen molar-refractivity contribution in [3.8, 4) is 5.75 Å². The number of Topliss-reactive ketones (excluding diaryl/α,β-unsaturated/α-hetero) is 4. The number of hydrogen-bond acceptors (Lipinski definition) is 9. The van der Waals surface area contributed by atoms with Gasteiger partial charge >= 0.3 is 0 Å². The zero-order chi connectivity index (χ0) is 36.1. The van der Waals surface area contributed by atoms with Crippen LogP contribution in [0.1, 0.15) is 98.2 Å². The maximum absolute atomic E-state index is 14.5. The molecule has 1 unspecified atom stereocenters. The molecule has 256 valence electrons. The largest absolute Gasteiger partial charge is 0.511 e. The van der Waals surface area contributed by atoms with Crippen LogP contribution < -0.4 is 0 Å². The molecule has 9 nitrogen and oxygen atoms in total. The number of hydrogen-bond donors (Lipinski definition) is 5. The molecule has 5 N–H and O–H groups in total. The van der Waals surface area contributed by atoms with E-state index >= 15 is 0 Å². The molecule has 0 spiro atoms. The topological polar surface area (TPSA) is 169 Å². The number of ketones is 4. The lowest BCUT2D eigenvalue weighted by Crippen LogP contribution is -2.73. The van der Waals surface area contributed by atoms with E-state index in [0.717, 1.165) is 23.6 Å². The van der Waals surface area contributed by atoms with Crippen LogP contribution in [0.2, 0.25) is 0 Å². The third-order valence-electron chi connectivity index (χ3n) is 11.9. The highest BCUT2D eigenvalue weighted by molar-refractivity contribution is 6.25. The van der Waals surface area contributed by atoms with Crippen LogP contribution in [0.4, 0.5) is 0 Å². The summed E-state index contributed by atoms with van der Waals surface area (Å²) in [6.45, 7) is 10.7. The summed E-state index contributed by atoms with van der Waals surface area (Å²) < 4.78 is 0. The fourth-order valence-electron chi connectivity index (χ4n) is 9.19. The van der Waals surface area contributed by atoms with Gasteiger partial charge in [-0.05, 0) is 66.9 Å². The Bertz CT molecular complexity index is 2010. The molecule has 0 aromatic heterocycles. The number of allylic oxidation sites excluding steroid dienone is 5. The summed E-state index contributed by atoms with van der Waals surface area (Å²) in [7, 11) is 0. The molecule has 4 aliphatic carbocycles. The van der Waals surface area contributed by atoms with Gasteiger partial charge in [-0.2, -0.15) is 0 Å². The predicted molar refractivity (Wildman–Crippen MR) is 182 cm³/mol. The summed E-state index contributed by atoms with van der Waals surface area (Å²) in [6, 6.07) is 10.8. The van der Waals surface area contributed by atoms with Crippen molar-refractivity contribution in [3.05, 3.63) is 105 Å². The van der Waals surface area contributed by atoms with Crippen molar-refractivity contribution in [3.63, 3.8) is 0 Å². The summed E-state index contributed by atoms with van der Waals surface area (Å²) in [5.41, 5.74) is -3.43. The van der Waals surface area contributed by atoms with Crippen LogP contribution >= 0.6 is 0 Å². The number of phenolic OH excluding ortho intramolecular Hbond substituents is 1. The number of fused-ring (bicyclic) bond motifs is 3. The number of aliphatic hydroxyl groups is 4. The van der Waals surface area contributed by atoms with Crippen molar-refractivity contribution in [1.82, 2.24) is 0 Å². The van der Waals surface area contributed by atoms with E-state index in [1.54, 1.807) is 45.9 Å². The van der Waals surface area contributed by atoms with E-state index in [1.165, 1.54) is 13.8 Å². The van der Waals surface area contributed by atoms with E-state index in [1.807, 2.05) is 30.4 Å². The Morgan fingerprint density at radius 2 is 1.67 bits per heavy atom. The van der Waals surface area contributed by atoms with E-state index in [4.69, 9.17) is 0 Å². The molecule has 2 aromatic carbocycles. The standard InChI is InChI=1S/C40H42O9/c1-18(2)30-33(44)28(21(5)42)35(46)40(49)36(47)31-34(45)29-27(19(3)38(31,6)37(48)39(30,40)7)14-13-26(32(29)43)16-22-11-12-25(15-22)24-10-8-9-23(17-24)20(4)41/h8-10,12-15,17-19,30,37,43-44,47-49H,11,16H2,1-7H3/t19-,30?,37-,38+,39+,40+/m1/s1. The Morgan fingerprint density at radius 1 is 1.00 bits per heavy atom. The maximum Gasteiger partial charge on any atom is 0.209 e. The molecule has 0 radical (unpaired) electrons. The fraction of sp³-hybridized carbons (Fsp3) is 0.400. The normalized spacial score (nSPS) is 30.9. The Labute approximate surface area is 285 Å². The zero-order valence-electron chi connectivity index (χ0n) is 28.7. The minimum Gasteiger partial charge on any atom is -0.511 e. The Kier molecular flexibility index (Phi) is 7.85. The van der Waals surface area contributed by atoms with Crippen molar-refractivity contribution in [2.24, 2.45) is 22.7 Å². The summed E-state index contributed by atoms with van der Waals surface area (Å²) in [5.74, 6) is -7.25. The highest BCUT2D eigenvalue weighted by atomic mass is 16.4. The number of phenols is 1. The van der Waals surface area contributed by atoms with Crippen LogP contribution in [-0.4, -0.2) is 60.4 Å². The minimum atomic E-state index is -2.93. The van der Waals surface area contributed by atoms with Crippen LogP contribution in [0, 0.1) is 22.7 Å². The van der Waals surface area contributed by atoms with Crippen molar-refractivity contribution >= 4 is 28.7 Å². The lowest BCUT2D eigenvalue weighted by atomic mass is 9.41. The number of aromatic hydroxyl groups is 1. The van der Waals surface area contributed by atoms with Gasteiger partial charge in [0.2, 0.25) is 5.78 Å². The average molecular weight is 667 g/mol. The van der Waals surface area contributed by atoms with Gasteiger partial charge in [0.25, 0.3) is 0 Å². The number of rotatable bonds is 6. The quantitative estimate of drug-likeness (QED) is 0.182. The van der Waals surface area contributed by atoms with Crippen molar-refractivity contribution in [2.75, 3.05) is 0 Å². The van der Waals surface area contributed by atoms with Gasteiger partial charge in [-0.1, -0.05) is 82.7 Å². The third kappa shape index (κ3) is 4.37. The van der Waals surface area contributed by atoms with E-state index in [0.29, 0.717) is 29.5 Å². The zero-order valence-corrected chi connectivity index (χ0v) is 28.7. The van der Waals surface area contributed by atoms with E-state index in [9.17, 15) is 44.7 Å². The number of carbonyl (C=O) groups is 4. The second-order valence-electron chi connectivity index (χ2n) is 14.8. The molecule has 2 aromatic rings. The molecule has 0 saturated heterocycles. The molecule has 6 atom stereocenters. The van der Waals surface area contributed by atoms with Crippen LogP contribution in [-0.2, 0) is 16.0 Å². The Morgan fingerprint density at radius 3 is 2.29 bits per heavy atom. The van der Waals surface area contributed by atoms with Gasteiger partial charge in [0.15, 0.2) is 23.0 Å². The smallest absolute Gasteiger partial charge is 0.209 e. The Hall–Kier alpha value is -4.60. The molecule has 0 saturated carbocycles. The molecular weight excluding hydrogens is 624 g/mol. The first-order chi connectivity index (χ1) is 22.8. The average Bonchev–Trinajstić information content (AvgIpc) is 3.51. The first kappa shape index (κ1) is 34.3. The first-order valence-electron chi connectivity index (χ1n) is 16.6. The van der Waals surface area contributed by atoms with Gasteiger partial charge in [0.1, 0.15) is 22.8 Å². The first-order valence-corrected chi connectivity index (χ1v) is 16.6. The predicted octanol–water partition coefficient (Wildman–Crippen LogP) is 6.04. The van der Waals surface area contributed by atoms with Crippen LogP contribution in [0.15, 0.2) is 76.8 Å². The number of aliphatic hydroxyl groups excluding tert-OH is 3. The van der Waals surface area contributed by atoms with Crippen LogP contribution in [0.5, 0.6) is 5.75 Å². The molecule has 0 bridgehead atoms. The summed E-state index contributed by atoms with van der Waals surface area (Å²) in [5, 5.41) is 59.7. The van der Waals surface area contributed by atoms with Gasteiger partial charge < -0.3 is 25.5 Å². The summed E-state index contributed by atoms with van der Waals surface area (Å²) >= 11 is 0. The van der Waals surface area contributed by atoms with Crippen molar-refractivity contribution in [2.45, 2.75) is 78.9 Å². The van der Waals surface area contributed by atoms with E-state index in [-0.39, 0.29) is 17.1 Å². The van der Waals surface area contributed by atoms with Crippen LogP contribution in [0.3, 0.4) is 0 Å². The molecule has 6 rings (SSSR count). The molecule has 4 aliphatic rings. The van der Waals surface area contributed by atoms with Gasteiger partial charge in [0, 0.05) is 22.3 Å². The van der Waals surface area contributed by atoms with E-state index < -0.39 is 80.3 Å². The third-order valence-corrected chi connectivity index (χ3v) is 11.9. The van der Waals surface area contributed by atoms with Crippen LogP contribution in [0.25, 0.3) is 5.57 Å². The molecule has 0 aliphatic heterocycles. The second-order valence-corrected chi connectivity index (χ2v) is 14.8. The maximum atomic E-state index is 14.5. The molecule has 0 amide bonds. The van der Waals surface area contributed by atoms with Gasteiger partial charge in [-0.15, -0.1) is 0 Å². The molecule has 49 heavy (non-hydrogen) atoms. The summed E-state index contributed by atoms with van der Waals surface area (Å²) in [6.07, 6.45) is 3.21. The monoisotopic (exact) mass is 666 g/mol. The lowest BCUT2D eigenvalue weighted by Gasteiger charge is -2.63. The van der Waals surface area contributed by atoms with Gasteiger partial charge in [-0.3, -0.25) is 19.2 Å². The SMILES string of the molecule is CC(=O)C1=C(O)C(C(C)C)[C@@]2(C)[C@H](O)[C@]3(C)C(=C(O)[C@@]2(O)C1=O)C(=O)c1c(ccc(CC2=CC(c4cccc(C(C)=O)c4)=CC2)c1O)[C@H]3C. The van der Waals surface area contributed by atoms with E-state index in [2.05, 4.69) is 0 Å². The molecule has 9 heteroatoms. The molecule has 0 fully saturated rings. The van der Waals surface area contributed by atoms with Crippen molar-refractivity contribution in [1.29, 1.82) is 0 Å². The minimum absolute atomic E-state index is 0.0384. The van der Waals surface area contributed by atoms with Gasteiger partial charge in [0.05, 0.1) is 17.2 Å². The van der Waals surface area contributed by atoms with Gasteiger partial charge in [-0.25, -0.2) is 0 Å². The van der Waals surface area contributed by atoms with Crippen molar-refractivity contribution < 1.29 is 44.7 Å². The second kappa shape index (κ2) is 11.2. The molecule has 0 heterocycles. The highest BCUT2D eigenvalue weighted by Crippen LogP contribution is 2.67. The lowest BCUT2D eigenvalue weighted by molar-refractivity contribution is -0.211. The summed E-state index contributed by atoms with van der Waals surface area (Å²) in [4.78, 5) is 53.1.